The van der Waals surface area contributed by atoms with Crippen LogP contribution in [0.4, 0.5) is 0 Å². The summed E-state index contributed by atoms with van der Waals surface area (Å²) in [6, 6.07) is 4.23. The van der Waals surface area contributed by atoms with Gasteiger partial charge in [-0.15, -0.1) is 0 Å². The zero-order chi connectivity index (χ0) is 21.2. The average molecular weight is 400 g/mol. The van der Waals surface area contributed by atoms with E-state index in [0.717, 1.165) is 29.7 Å². The maximum Gasteiger partial charge on any atom is 0.262 e. The minimum Gasteiger partial charge on any atom is -0.330 e. The number of carbonyl (C=O) groups excluding carboxylic acids is 4. The highest BCUT2D eigenvalue weighted by atomic mass is 16.2. The van der Waals surface area contributed by atoms with Crippen LogP contribution in [0.3, 0.4) is 0 Å². The highest BCUT2D eigenvalue weighted by molar-refractivity contribution is 6.23. The Bertz CT molecular complexity index is 847. The van der Waals surface area contributed by atoms with Crippen LogP contribution in [-0.4, -0.2) is 46.7 Å². The van der Waals surface area contributed by atoms with Gasteiger partial charge in [0.15, 0.2) is 0 Å². The van der Waals surface area contributed by atoms with Crippen LogP contribution in [0.1, 0.15) is 72.2 Å². The van der Waals surface area contributed by atoms with Gasteiger partial charge in [-0.3, -0.25) is 29.4 Å². The Labute approximate surface area is 170 Å². The maximum atomic E-state index is 12.9. The molecule has 8 nitrogen and oxygen atoms in total. The van der Waals surface area contributed by atoms with E-state index in [0.29, 0.717) is 24.2 Å². The molecule has 3 rings (SSSR count). The fourth-order valence-electron chi connectivity index (χ4n) is 4.14. The van der Waals surface area contributed by atoms with Gasteiger partial charge in [-0.25, -0.2) is 0 Å². The first kappa shape index (κ1) is 21.1. The summed E-state index contributed by atoms with van der Waals surface area (Å²) in [4.78, 5) is 50.2. The Hall–Kier alpha value is -2.58. The molecule has 0 aromatic heterocycles. The molecule has 2 heterocycles. The molecule has 8 heteroatoms. The van der Waals surface area contributed by atoms with Gasteiger partial charge in [0.2, 0.25) is 11.8 Å². The summed E-state index contributed by atoms with van der Waals surface area (Å²) in [6.45, 7) is 5.38. The molecule has 0 radical (unpaired) electrons. The molecule has 0 bridgehead atoms. The topological polar surface area (TPSA) is 122 Å². The molecule has 1 atom stereocenters. The number of amides is 4. The minimum atomic E-state index is -0.945. The lowest BCUT2D eigenvalue weighted by atomic mass is 9.88. The Morgan fingerprint density at radius 3 is 2.45 bits per heavy atom. The van der Waals surface area contributed by atoms with Crippen LogP contribution in [0.2, 0.25) is 0 Å². The van der Waals surface area contributed by atoms with Crippen molar-refractivity contribution in [1.29, 1.82) is 0 Å². The van der Waals surface area contributed by atoms with Crippen molar-refractivity contribution in [3.63, 3.8) is 0 Å². The largest absolute Gasteiger partial charge is 0.330 e. The van der Waals surface area contributed by atoms with E-state index in [2.05, 4.69) is 24.5 Å². The monoisotopic (exact) mass is 400 g/mol. The van der Waals surface area contributed by atoms with E-state index >= 15 is 0 Å². The van der Waals surface area contributed by atoms with Crippen LogP contribution < -0.4 is 16.4 Å². The molecule has 1 aromatic rings. The number of piperidine rings is 1. The van der Waals surface area contributed by atoms with Crippen molar-refractivity contribution in [3.05, 3.63) is 34.9 Å². The molecule has 1 fully saturated rings. The van der Waals surface area contributed by atoms with Crippen molar-refractivity contribution >= 4 is 23.6 Å². The summed E-state index contributed by atoms with van der Waals surface area (Å²) >= 11 is 0. The number of benzene rings is 1. The number of rotatable bonds is 8. The molecule has 1 unspecified atom stereocenters. The second-order valence-electron chi connectivity index (χ2n) is 7.71. The smallest absolute Gasteiger partial charge is 0.262 e. The Morgan fingerprint density at radius 2 is 1.83 bits per heavy atom. The van der Waals surface area contributed by atoms with E-state index in [9.17, 15) is 19.2 Å². The van der Waals surface area contributed by atoms with Gasteiger partial charge in [0.1, 0.15) is 6.04 Å². The van der Waals surface area contributed by atoms with Crippen LogP contribution in [0.15, 0.2) is 18.2 Å². The molecule has 0 aliphatic carbocycles. The van der Waals surface area contributed by atoms with Crippen LogP contribution in [-0.2, 0) is 16.1 Å². The Morgan fingerprint density at radius 1 is 1.14 bits per heavy atom. The number of nitrogens with one attached hydrogen (secondary N) is 2. The maximum absolute atomic E-state index is 12.9. The molecule has 4 amide bonds. The third-order valence-corrected chi connectivity index (χ3v) is 6.15. The van der Waals surface area contributed by atoms with E-state index in [1.165, 1.54) is 0 Å². The predicted molar refractivity (Wildman–Crippen MR) is 107 cm³/mol. The van der Waals surface area contributed by atoms with E-state index in [4.69, 9.17) is 5.73 Å². The number of hydrogen-bond donors (Lipinski definition) is 3. The van der Waals surface area contributed by atoms with Gasteiger partial charge in [0.25, 0.3) is 11.8 Å². The van der Waals surface area contributed by atoms with Crippen molar-refractivity contribution < 1.29 is 19.2 Å². The normalized spacial score (nSPS) is 19.6. The van der Waals surface area contributed by atoms with Crippen LogP contribution in [0.5, 0.6) is 0 Å². The molecule has 0 saturated carbocycles. The molecule has 2 aliphatic rings. The summed E-state index contributed by atoms with van der Waals surface area (Å²) in [6.07, 6.45) is 2.99. The molecule has 29 heavy (non-hydrogen) atoms. The fourth-order valence-corrected chi connectivity index (χ4v) is 4.14. The van der Waals surface area contributed by atoms with Crippen LogP contribution >= 0.6 is 0 Å². The SMILES string of the molecule is CCC(CC)(CCN)NCc1ccc2c(c1)C(=O)N(C1CCC(=O)NC1=O)C2=O. The Kier molecular flexibility index (Phi) is 6.14. The average Bonchev–Trinajstić information content (AvgIpc) is 2.96. The second-order valence-corrected chi connectivity index (χ2v) is 7.71. The van der Waals surface area contributed by atoms with Crippen molar-refractivity contribution in [1.82, 2.24) is 15.5 Å². The molecule has 0 spiro atoms. The van der Waals surface area contributed by atoms with E-state index in [-0.39, 0.29) is 24.3 Å². The highest BCUT2D eigenvalue weighted by Gasteiger charge is 2.44. The van der Waals surface area contributed by atoms with Crippen molar-refractivity contribution in [2.75, 3.05) is 6.54 Å². The van der Waals surface area contributed by atoms with Crippen molar-refractivity contribution in [2.24, 2.45) is 5.73 Å². The first-order valence-electron chi connectivity index (χ1n) is 10.2. The van der Waals surface area contributed by atoms with Gasteiger partial charge in [-0.1, -0.05) is 19.9 Å². The van der Waals surface area contributed by atoms with Gasteiger partial charge in [0.05, 0.1) is 11.1 Å². The van der Waals surface area contributed by atoms with Gasteiger partial charge in [-0.2, -0.15) is 0 Å². The number of carbonyl (C=O) groups is 4. The third kappa shape index (κ3) is 3.95. The van der Waals surface area contributed by atoms with Gasteiger partial charge in [-0.05, 0) is 49.9 Å². The van der Waals surface area contributed by atoms with Crippen molar-refractivity contribution in [3.8, 4) is 0 Å². The van der Waals surface area contributed by atoms with Crippen LogP contribution in [0, 0.1) is 0 Å². The summed E-state index contributed by atoms with van der Waals surface area (Å²) in [5, 5.41) is 5.77. The quantitative estimate of drug-likeness (QED) is 0.562. The lowest BCUT2D eigenvalue weighted by Crippen LogP contribution is -2.54. The number of imide groups is 2. The number of fused-ring (bicyclic) bond motifs is 1. The molecule has 156 valence electrons. The van der Waals surface area contributed by atoms with E-state index < -0.39 is 23.8 Å². The zero-order valence-corrected chi connectivity index (χ0v) is 16.9. The summed E-state index contributed by atoms with van der Waals surface area (Å²) in [5.41, 5.74) is 7.19. The summed E-state index contributed by atoms with van der Waals surface area (Å²) in [7, 11) is 0. The lowest BCUT2D eigenvalue weighted by Gasteiger charge is -2.33. The summed E-state index contributed by atoms with van der Waals surface area (Å²) in [5.74, 6) is -1.96. The van der Waals surface area contributed by atoms with Gasteiger partial charge >= 0.3 is 0 Å². The first-order chi connectivity index (χ1) is 13.9. The third-order valence-electron chi connectivity index (χ3n) is 6.15. The zero-order valence-electron chi connectivity index (χ0n) is 16.9. The number of nitrogens with zero attached hydrogens (tertiary/aromatic N) is 1. The van der Waals surface area contributed by atoms with Gasteiger partial charge < -0.3 is 11.1 Å². The fraction of sp³-hybridized carbons (Fsp3) is 0.524. The number of nitrogens with two attached hydrogens (primary N) is 1. The summed E-state index contributed by atoms with van der Waals surface area (Å²) < 4.78 is 0. The first-order valence-corrected chi connectivity index (χ1v) is 10.2. The highest BCUT2D eigenvalue weighted by Crippen LogP contribution is 2.29. The molecule has 2 aliphatic heterocycles. The minimum absolute atomic E-state index is 0.0631. The predicted octanol–water partition coefficient (Wildman–Crippen LogP) is 1.09. The number of hydrogen-bond acceptors (Lipinski definition) is 6. The van der Waals surface area contributed by atoms with Gasteiger partial charge in [0, 0.05) is 18.5 Å². The molecular formula is C21H28N4O4. The second kappa shape index (κ2) is 8.42. The molecule has 1 aromatic carbocycles. The molecule has 1 saturated heterocycles. The van der Waals surface area contributed by atoms with Crippen molar-refractivity contribution in [2.45, 2.75) is 64.1 Å². The van der Waals surface area contributed by atoms with E-state index in [1.54, 1.807) is 12.1 Å². The Balaban J connectivity index is 1.79. The lowest BCUT2D eigenvalue weighted by molar-refractivity contribution is -0.136. The molecule has 4 N–H and O–H groups in total. The van der Waals surface area contributed by atoms with Crippen LogP contribution in [0.25, 0.3) is 0 Å². The van der Waals surface area contributed by atoms with E-state index in [1.807, 2.05) is 6.07 Å². The molecular weight excluding hydrogens is 372 g/mol. The standard InChI is InChI=1S/C21H28N4O4/c1-3-21(4-2,9-10-22)23-12-13-5-6-14-15(11-13)20(29)25(19(14)28)16-7-8-17(26)24-18(16)27/h5-6,11,16,23H,3-4,7-10,12,22H2,1-2H3,(H,24,26,27).